The fraction of sp³-hybridized carbons (Fsp3) is 0.118. The summed E-state index contributed by atoms with van der Waals surface area (Å²) in [5.41, 5.74) is 16.6. The first-order chi connectivity index (χ1) is 10.5. The number of aromatic nitrogens is 2. The second-order valence-electron chi connectivity index (χ2n) is 5.28. The second kappa shape index (κ2) is 5.11. The van der Waals surface area contributed by atoms with Gasteiger partial charge in [0.05, 0.1) is 5.69 Å². The number of rotatable bonds is 2. The number of nitrogens with two attached hydrogens (primary N) is 2. The maximum absolute atomic E-state index is 11.4. The Hall–Kier alpha value is -2.95. The van der Waals surface area contributed by atoms with Gasteiger partial charge in [-0.25, -0.2) is 0 Å². The maximum atomic E-state index is 11.4. The number of benzene rings is 2. The molecule has 3 aromatic rings. The van der Waals surface area contributed by atoms with E-state index in [1.807, 2.05) is 30.3 Å². The summed E-state index contributed by atoms with van der Waals surface area (Å²) in [4.78, 5) is 11.4. The first-order valence-corrected chi connectivity index (χ1v) is 6.92. The van der Waals surface area contributed by atoms with Crippen molar-refractivity contribution in [2.75, 3.05) is 5.73 Å². The van der Waals surface area contributed by atoms with Gasteiger partial charge in [0.1, 0.15) is 5.52 Å². The van der Waals surface area contributed by atoms with E-state index in [9.17, 15) is 4.79 Å². The summed E-state index contributed by atoms with van der Waals surface area (Å²) >= 11 is 0. The zero-order valence-corrected chi connectivity index (χ0v) is 12.4. The van der Waals surface area contributed by atoms with Gasteiger partial charge in [0.25, 0.3) is 5.91 Å². The van der Waals surface area contributed by atoms with Crippen LogP contribution in [0, 0.1) is 13.8 Å². The van der Waals surface area contributed by atoms with Gasteiger partial charge in [0.2, 0.25) is 0 Å². The quantitative estimate of drug-likeness (QED) is 0.759. The number of carbonyl (C=O) groups excluding carboxylic acids is 1. The summed E-state index contributed by atoms with van der Waals surface area (Å²) in [6.45, 7) is 4.13. The Morgan fingerprint density at radius 2 is 1.68 bits per heavy atom. The van der Waals surface area contributed by atoms with E-state index in [0.29, 0.717) is 10.9 Å². The number of anilines is 1. The van der Waals surface area contributed by atoms with Crippen LogP contribution >= 0.6 is 0 Å². The lowest BCUT2D eigenvalue weighted by Crippen LogP contribution is -2.16. The monoisotopic (exact) mass is 292 g/mol. The molecule has 3 rings (SSSR count). The number of primary amides is 1. The average molecular weight is 292 g/mol. The molecule has 0 aliphatic carbocycles. The number of aryl methyl sites for hydroxylation is 1. The summed E-state index contributed by atoms with van der Waals surface area (Å²) in [6, 6.07) is 11.8. The van der Waals surface area contributed by atoms with Crippen LogP contribution in [-0.2, 0) is 0 Å². The minimum Gasteiger partial charge on any atom is -0.396 e. The van der Waals surface area contributed by atoms with Crippen molar-refractivity contribution in [3.63, 3.8) is 0 Å². The summed E-state index contributed by atoms with van der Waals surface area (Å²) in [6.07, 6.45) is 0. The van der Waals surface area contributed by atoms with Crippen LogP contribution in [0.2, 0.25) is 0 Å². The van der Waals surface area contributed by atoms with E-state index in [4.69, 9.17) is 11.5 Å². The smallest absolute Gasteiger partial charge is 0.271 e. The van der Waals surface area contributed by atoms with Crippen LogP contribution in [0.5, 0.6) is 0 Å². The van der Waals surface area contributed by atoms with Crippen LogP contribution in [-0.4, -0.2) is 16.1 Å². The Morgan fingerprint density at radius 3 is 2.41 bits per heavy atom. The maximum Gasteiger partial charge on any atom is 0.271 e. The van der Waals surface area contributed by atoms with E-state index in [1.165, 1.54) is 11.1 Å². The highest BCUT2D eigenvalue weighted by Gasteiger charge is 2.15. The highest BCUT2D eigenvalue weighted by atomic mass is 16.1. The Balaban J connectivity index is 2.35. The standard InChI is InChI=1S/C17H16N4O/c1-9-5-3-6-11(10(9)2)12-7-4-8-13-14(18)16(17(19)22)21-20-15(12)13/h3-8H,1-2H3,(H2,18,20)(H2,19,22). The first-order valence-electron chi connectivity index (χ1n) is 6.92. The molecule has 0 bridgehead atoms. The molecule has 110 valence electrons. The first kappa shape index (κ1) is 14.0. The molecule has 0 saturated carbocycles. The van der Waals surface area contributed by atoms with Crippen LogP contribution in [0.15, 0.2) is 36.4 Å². The Bertz CT molecular complexity index is 903. The van der Waals surface area contributed by atoms with Crippen molar-refractivity contribution in [3.05, 3.63) is 53.2 Å². The van der Waals surface area contributed by atoms with Crippen LogP contribution in [0.1, 0.15) is 21.6 Å². The van der Waals surface area contributed by atoms with Gasteiger partial charge < -0.3 is 11.5 Å². The lowest BCUT2D eigenvalue weighted by atomic mass is 9.95. The zero-order valence-electron chi connectivity index (χ0n) is 12.4. The van der Waals surface area contributed by atoms with Gasteiger partial charge in [-0.05, 0) is 30.5 Å². The predicted octanol–water partition coefficient (Wildman–Crippen LogP) is 2.59. The van der Waals surface area contributed by atoms with Crippen molar-refractivity contribution in [2.24, 2.45) is 5.73 Å². The van der Waals surface area contributed by atoms with Crippen molar-refractivity contribution in [1.82, 2.24) is 10.2 Å². The minimum atomic E-state index is -0.677. The van der Waals surface area contributed by atoms with Gasteiger partial charge in [-0.15, -0.1) is 10.2 Å². The van der Waals surface area contributed by atoms with E-state index in [0.717, 1.165) is 11.1 Å². The Kier molecular flexibility index (Phi) is 3.25. The largest absolute Gasteiger partial charge is 0.396 e. The van der Waals surface area contributed by atoms with Crippen LogP contribution in [0.25, 0.3) is 22.0 Å². The summed E-state index contributed by atoms with van der Waals surface area (Å²) in [5, 5.41) is 8.76. The molecule has 4 N–H and O–H groups in total. The van der Waals surface area contributed by atoms with Crippen molar-refractivity contribution >= 4 is 22.5 Å². The molecular formula is C17H16N4O. The third-order valence-electron chi connectivity index (χ3n) is 3.96. The van der Waals surface area contributed by atoms with Crippen LogP contribution in [0.4, 0.5) is 5.69 Å². The van der Waals surface area contributed by atoms with Crippen molar-refractivity contribution < 1.29 is 4.79 Å². The SMILES string of the molecule is Cc1cccc(-c2cccc3c(N)c(C(N)=O)nnc23)c1C. The third-order valence-corrected chi connectivity index (χ3v) is 3.96. The molecule has 0 unspecified atom stereocenters. The van der Waals surface area contributed by atoms with Gasteiger partial charge in [-0.1, -0.05) is 36.4 Å². The van der Waals surface area contributed by atoms with Gasteiger partial charge in [-0.3, -0.25) is 4.79 Å². The number of amides is 1. The van der Waals surface area contributed by atoms with E-state index in [1.54, 1.807) is 0 Å². The number of hydrogen-bond donors (Lipinski definition) is 2. The lowest BCUT2D eigenvalue weighted by Gasteiger charge is -2.12. The van der Waals surface area contributed by atoms with Gasteiger partial charge >= 0.3 is 0 Å². The fourth-order valence-electron chi connectivity index (χ4n) is 2.59. The van der Waals surface area contributed by atoms with Crippen molar-refractivity contribution in [1.29, 1.82) is 0 Å². The predicted molar refractivity (Wildman–Crippen MR) is 87.4 cm³/mol. The summed E-state index contributed by atoms with van der Waals surface area (Å²) < 4.78 is 0. The van der Waals surface area contributed by atoms with E-state index < -0.39 is 5.91 Å². The van der Waals surface area contributed by atoms with Crippen LogP contribution < -0.4 is 11.5 Å². The molecule has 5 nitrogen and oxygen atoms in total. The Labute approximate surface area is 128 Å². The topological polar surface area (TPSA) is 94.9 Å². The molecule has 1 amide bonds. The highest BCUT2D eigenvalue weighted by Crippen LogP contribution is 2.33. The Morgan fingerprint density at radius 1 is 1.00 bits per heavy atom. The number of hydrogen-bond acceptors (Lipinski definition) is 4. The number of nitrogens with zero attached hydrogens (tertiary/aromatic N) is 2. The average Bonchev–Trinajstić information content (AvgIpc) is 2.50. The fourth-order valence-corrected chi connectivity index (χ4v) is 2.59. The minimum absolute atomic E-state index is 0.00520. The second-order valence-corrected chi connectivity index (χ2v) is 5.28. The molecule has 2 aromatic carbocycles. The molecule has 22 heavy (non-hydrogen) atoms. The zero-order chi connectivity index (χ0) is 15.9. The highest BCUT2D eigenvalue weighted by molar-refractivity contribution is 6.07. The van der Waals surface area contributed by atoms with Gasteiger partial charge in [-0.2, -0.15) is 0 Å². The molecule has 0 radical (unpaired) electrons. The lowest BCUT2D eigenvalue weighted by molar-refractivity contribution is 0.0996. The molecule has 5 heteroatoms. The molecule has 0 aliphatic heterocycles. The molecule has 1 aromatic heterocycles. The molecule has 1 heterocycles. The normalized spacial score (nSPS) is 10.8. The summed E-state index contributed by atoms with van der Waals surface area (Å²) in [5.74, 6) is -0.677. The van der Waals surface area contributed by atoms with E-state index in [2.05, 4.69) is 30.1 Å². The molecule has 0 spiro atoms. The third kappa shape index (κ3) is 2.07. The molecule has 0 atom stereocenters. The number of fused-ring (bicyclic) bond motifs is 1. The van der Waals surface area contributed by atoms with Crippen LogP contribution in [0.3, 0.4) is 0 Å². The molecular weight excluding hydrogens is 276 g/mol. The number of carbonyl (C=O) groups is 1. The van der Waals surface area contributed by atoms with Crippen molar-refractivity contribution in [3.8, 4) is 11.1 Å². The van der Waals surface area contributed by atoms with E-state index in [-0.39, 0.29) is 11.4 Å². The molecule has 0 saturated heterocycles. The van der Waals surface area contributed by atoms with Crippen molar-refractivity contribution in [2.45, 2.75) is 13.8 Å². The number of nitrogen functional groups attached to an aromatic ring is 1. The van der Waals surface area contributed by atoms with Gasteiger partial charge in [0, 0.05) is 10.9 Å². The summed E-state index contributed by atoms with van der Waals surface area (Å²) in [7, 11) is 0. The molecule has 0 aliphatic rings. The van der Waals surface area contributed by atoms with Gasteiger partial charge in [0.15, 0.2) is 5.69 Å². The van der Waals surface area contributed by atoms with E-state index >= 15 is 0 Å². The molecule has 0 fully saturated rings.